The van der Waals surface area contributed by atoms with Crippen molar-refractivity contribution in [3.8, 4) is 0 Å². The molecule has 58 valence electrons. The summed E-state index contributed by atoms with van der Waals surface area (Å²) in [4.78, 5) is 10.9. The van der Waals surface area contributed by atoms with E-state index in [9.17, 15) is 4.79 Å². The van der Waals surface area contributed by atoms with E-state index >= 15 is 0 Å². The van der Waals surface area contributed by atoms with Crippen molar-refractivity contribution in [2.75, 3.05) is 7.11 Å². The molecule has 3 heteroatoms. The molecule has 2 atom stereocenters. The number of Topliss-reactive ketones (excluding diaryl/α,β-unsaturated/α-hetero) is 1. The van der Waals surface area contributed by atoms with Gasteiger partial charge in [-0.25, -0.2) is 0 Å². The summed E-state index contributed by atoms with van der Waals surface area (Å²) in [5.41, 5.74) is 0. The molecule has 0 aromatic carbocycles. The number of hydrogen-bond donors (Lipinski definition) is 1. The normalized spacial score (nSPS) is 29.0. The minimum atomic E-state index is -0.880. The molecular weight excluding hydrogens is 132 g/mol. The Bertz CT molecular complexity index is 133. The van der Waals surface area contributed by atoms with Crippen LogP contribution in [0.1, 0.15) is 19.3 Å². The van der Waals surface area contributed by atoms with E-state index < -0.39 is 6.29 Å². The third-order valence-corrected chi connectivity index (χ3v) is 1.94. The first kappa shape index (κ1) is 7.69. The fraction of sp³-hybridized carbons (Fsp3) is 0.857. The van der Waals surface area contributed by atoms with E-state index in [1.165, 1.54) is 7.11 Å². The third-order valence-electron chi connectivity index (χ3n) is 1.94. The molecule has 1 N–H and O–H groups in total. The van der Waals surface area contributed by atoms with Crippen molar-refractivity contribution in [2.45, 2.75) is 25.6 Å². The topological polar surface area (TPSA) is 46.5 Å². The number of rotatable bonds is 2. The van der Waals surface area contributed by atoms with Crippen LogP contribution in [-0.4, -0.2) is 24.3 Å². The molecule has 1 aliphatic rings. The summed E-state index contributed by atoms with van der Waals surface area (Å²) >= 11 is 0. The van der Waals surface area contributed by atoms with Crippen LogP contribution in [0.25, 0.3) is 0 Å². The van der Waals surface area contributed by atoms with Crippen LogP contribution in [0.3, 0.4) is 0 Å². The zero-order valence-electron chi connectivity index (χ0n) is 6.04. The van der Waals surface area contributed by atoms with E-state index in [1.807, 2.05) is 0 Å². The molecule has 0 bridgehead atoms. The molecule has 1 rings (SSSR count). The molecule has 10 heavy (non-hydrogen) atoms. The van der Waals surface area contributed by atoms with E-state index in [4.69, 9.17) is 5.11 Å². The Kier molecular flexibility index (Phi) is 2.40. The van der Waals surface area contributed by atoms with Gasteiger partial charge in [-0.3, -0.25) is 4.79 Å². The van der Waals surface area contributed by atoms with E-state index in [0.29, 0.717) is 6.42 Å². The number of hydrogen-bond acceptors (Lipinski definition) is 3. The largest absolute Gasteiger partial charge is 0.367 e. The molecule has 1 fully saturated rings. The Morgan fingerprint density at radius 3 is 2.90 bits per heavy atom. The maximum atomic E-state index is 10.9. The molecule has 0 heterocycles. The molecule has 0 aliphatic heterocycles. The van der Waals surface area contributed by atoms with Gasteiger partial charge in [-0.05, 0) is 12.8 Å². The number of ketones is 1. The average Bonchev–Trinajstić information content (AvgIpc) is 2.34. The van der Waals surface area contributed by atoms with Crippen LogP contribution in [0, 0.1) is 5.92 Å². The monoisotopic (exact) mass is 144 g/mol. The molecule has 1 aliphatic carbocycles. The van der Waals surface area contributed by atoms with E-state index in [1.54, 1.807) is 0 Å². The molecule has 0 aromatic heterocycles. The van der Waals surface area contributed by atoms with Crippen LogP contribution in [0.5, 0.6) is 0 Å². The lowest BCUT2D eigenvalue weighted by molar-refractivity contribution is -0.142. The zero-order valence-corrected chi connectivity index (χ0v) is 6.04. The summed E-state index contributed by atoms with van der Waals surface area (Å²) < 4.78 is 4.64. The Morgan fingerprint density at radius 2 is 2.50 bits per heavy atom. The maximum absolute atomic E-state index is 10.9. The lowest BCUT2D eigenvalue weighted by Crippen LogP contribution is -2.25. The van der Waals surface area contributed by atoms with Gasteiger partial charge in [-0.2, -0.15) is 0 Å². The van der Waals surface area contributed by atoms with Crippen molar-refractivity contribution in [3.63, 3.8) is 0 Å². The van der Waals surface area contributed by atoms with Gasteiger partial charge in [0.25, 0.3) is 0 Å². The van der Waals surface area contributed by atoms with E-state index in [2.05, 4.69) is 4.74 Å². The summed E-state index contributed by atoms with van der Waals surface area (Å²) in [6.07, 6.45) is 1.39. The average molecular weight is 144 g/mol. The summed E-state index contributed by atoms with van der Waals surface area (Å²) in [6, 6.07) is 0. The first-order valence-electron chi connectivity index (χ1n) is 3.49. The highest BCUT2D eigenvalue weighted by molar-refractivity contribution is 5.83. The summed E-state index contributed by atoms with van der Waals surface area (Å²) in [5.74, 6) is -0.126. The fourth-order valence-electron chi connectivity index (χ4n) is 1.31. The van der Waals surface area contributed by atoms with Crippen molar-refractivity contribution in [3.05, 3.63) is 0 Å². The molecule has 3 nitrogen and oxygen atoms in total. The second-order valence-electron chi connectivity index (χ2n) is 2.59. The smallest absolute Gasteiger partial charge is 0.163 e. The molecule has 0 spiro atoms. The minimum absolute atomic E-state index is 0.134. The van der Waals surface area contributed by atoms with Gasteiger partial charge in [-0.15, -0.1) is 0 Å². The van der Waals surface area contributed by atoms with Gasteiger partial charge in [0, 0.05) is 13.5 Å². The first-order chi connectivity index (χ1) is 4.75. The summed E-state index contributed by atoms with van der Waals surface area (Å²) in [7, 11) is 1.41. The van der Waals surface area contributed by atoms with E-state index in [0.717, 1.165) is 12.8 Å². The van der Waals surface area contributed by atoms with Gasteiger partial charge in [0.05, 0.1) is 5.92 Å². The van der Waals surface area contributed by atoms with Crippen molar-refractivity contribution < 1.29 is 14.6 Å². The molecule has 0 saturated heterocycles. The Balaban J connectivity index is 2.46. The van der Waals surface area contributed by atoms with E-state index in [-0.39, 0.29) is 11.7 Å². The predicted octanol–water partition coefficient (Wildman–Crippen LogP) is 0.320. The third kappa shape index (κ3) is 1.36. The summed E-state index contributed by atoms with van der Waals surface area (Å²) in [5, 5.41) is 9.09. The standard InChI is InChI=1S/C7H12O3/c1-10-7(9)5-3-2-4-6(5)8/h5,7,9H,2-4H2,1H3. The number of ether oxygens (including phenoxy) is 1. The summed E-state index contributed by atoms with van der Waals surface area (Å²) in [6.45, 7) is 0. The molecule has 0 radical (unpaired) electrons. The van der Waals surface area contributed by atoms with Crippen molar-refractivity contribution in [1.82, 2.24) is 0 Å². The molecule has 0 amide bonds. The first-order valence-corrected chi connectivity index (χ1v) is 3.49. The van der Waals surface area contributed by atoms with Crippen LogP contribution in [0.4, 0.5) is 0 Å². The van der Waals surface area contributed by atoms with Crippen LogP contribution >= 0.6 is 0 Å². The second-order valence-corrected chi connectivity index (χ2v) is 2.59. The van der Waals surface area contributed by atoms with Gasteiger partial charge in [0.15, 0.2) is 6.29 Å². The van der Waals surface area contributed by atoms with Gasteiger partial charge in [0.2, 0.25) is 0 Å². The Morgan fingerprint density at radius 1 is 1.80 bits per heavy atom. The quantitative estimate of drug-likeness (QED) is 0.568. The minimum Gasteiger partial charge on any atom is -0.367 e. The highest BCUT2D eigenvalue weighted by Crippen LogP contribution is 2.24. The Labute approximate surface area is 60.0 Å². The van der Waals surface area contributed by atoms with Crippen molar-refractivity contribution in [2.24, 2.45) is 5.92 Å². The van der Waals surface area contributed by atoms with Crippen LogP contribution < -0.4 is 0 Å². The molecular formula is C7H12O3. The maximum Gasteiger partial charge on any atom is 0.163 e. The highest BCUT2D eigenvalue weighted by Gasteiger charge is 2.30. The van der Waals surface area contributed by atoms with Crippen LogP contribution in [0.2, 0.25) is 0 Å². The Hall–Kier alpha value is -0.410. The SMILES string of the molecule is COC(O)C1CCCC1=O. The van der Waals surface area contributed by atoms with Gasteiger partial charge >= 0.3 is 0 Å². The molecule has 0 aromatic rings. The van der Waals surface area contributed by atoms with Crippen molar-refractivity contribution in [1.29, 1.82) is 0 Å². The number of carbonyl (C=O) groups excluding carboxylic acids is 1. The lowest BCUT2D eigenvalue weighted by atomic mass is 10.1. The fourth-order valence-corrected chi connectivity index (χ4v) is 1.31. The number of methoxy groups -OCH3 is 1. The van der Waals surface area contributed by atoms with Crippen LogP contribution in [0.15, 0.2) is 0 Å². The van der Waals surface area contributed by atoms with Gasteiger partial charge in [0.1, 0.15) is 5.78 Å². The van der Waals surface area contributed by atoms with Gasteiger partial charge < -0.3 is 9.84 Å². The second kappa shape index (κ2) is 3.12. The number of aliphatic hydroxyl groups excluding tert-OH is 1. The van der Waals surface area contributed by atoms with Crippen LogP contribution in [-0.2, 0) is 9.53 Å². The van der Waals surface area contributed by atoms with Crippen molar-refractivity contribution >= 4 is 5.78 Å². The zero-order chi connectivity index (χ0) is 7.56. The molecule has 2 unspecified atom stereocenters. The molecule has 1 saturated carbocycles. The predicted molar refractivity (Wildman–Crippen MR) is 35.4 cm³/mol. The lowest BCUT2D eigenvalue weighted by Gasteiger charge is -2.13. The highest BCUT2D eigenvalue weighted by atomic mass is 16.6. The van der Waals surface area contributed by atoms with Gasteiger partial charge in [-0.1, -0.05) is 0 Å². The number of aliphatic hydroxyl groups is 1. The number of carbonyl (C=O) groups is 1.